The number of rotatable bonds is 7. The number of aryl methyl sites for hydroxylation is 1. The summed E-state index contributed by atoms with van der Waals surface area (Å²) in [5, 5.41) is 11.6. The summed E-state index contributed by atoms with van der Waals surface area (Å²) in [4.78, 5) is 25.3. The predicted octanol–water partition coefficient (Wildman–Crippen LogP) is 3.21. The lowest BCUT2D eigenvalue weighted by molar-refractivity contribution is -0.388. The molecule has 1 saturated heterocycles. The molecular formula is C25H32FN3O6S. The number of carbonyl (C=O) groups excluding carboxylic acids is 1. The Labute approximate surface area is 209 Å². The van der Waals surface area contributed by atoms with Crippen LogP contribution in [0.1, 0.15) is 30.0 Å². The molecule has 0 aromatic heterocycles. The lowest BCUT2D eigenvalue weighted by Crippen LogP contribution is -2.64. The van der Waals surface area contributed by atoms with Crippen LogP contribution in [0.5, 0.6) is 0 Å². The molecular weight excluding hydrogens is 489 g/mol. The van der Waals surface area contributed by atoms with Crippen LogP contribution >= 0.6 is 0 Å². The molecule has 1 N–H and O–H groups in total. The second kappa shape index (κ2) is 9.62. The molecule has 4 rings (SSSR count). The molecule has 1 heterocycles. The first-order valence-electron chi connectivity index (χ1n) is 11.9. The van der Waals surface area contributed by atoms with Gasteiger partial charge in [-0.15, -0.1) is 9.53 Å². The number of nitro benzene ring substituents is 1. The monoisotopic (exact) mass is 521 g/mol. The van der Waals surface area contributed by atoms with Crippen LogP contribution in [0.3, 0.4) is 0 Å². The molecule has 2 aromatic carbocycles. The van der Waals surface area contributed by atoms with Crippen LogP contribution in [0.2, 0.25) is 0 Å². The first kappa shape index (κ1) is 26.3. The maximum Gasteiger partial charge on any atom is 0.323 e. The van der Waals surface area contributed by atoms with Crippen molar-refractivity contribution in [2.45, 2.75) is 49.6 Å². The Balaban J connectivity index is 1.59. The highest BCUT2D eigenvalue weighted by Gasteiger charge is 2.44. The Hall–Kier alpha value is -2.73. The van der Waals surface area contributed by atoms with Gasteiger partial charge < -0.3 is 4.74 Å². The van der Waals surface area contributed by atoms with Gasteiger partial charge in [-0.2, -0.15) is 4.21 Å². The summed E-state index contributed by atoms with van der Waals surface area (Å²) in [5.41, 5.74) is 1.75. The predicted molar refractivity (Wildman–Crippen MR) is 134 cm³/mol. The highest BCUT2D eigenvalue weighted by Crippen LogP contribution is 2.41. The molecule has 2 atom stereocenters. The van der Waals surface area contributed by atoms with Crippen LogP contribution in [0.15, 0.2) is 41.3 Å². The smallest absolute Gasteiger partial charge is 0.323 e. The van der Waals surface area contributed by atoms with Gasteiger partial charge in [0, 0.05) is 44.4 Å². The average molecular weight is 522 g/mol. The van der Waals surface area contributed by atoms with E-state index in [1.807, 2.05) is 11.0 Å². The minimum absolute atomic E-state index is 0.0751. The third-order valence-corrected chi connectivity index (χ3v) is 10.3. The van der Waals surface area contributed by atoms with E-state index in [-0.39, 0.29) is 36.8 Å². The zero-order valence-corrected chi connectivity index (χ0v) is 21.5. The van der Waals surface area contributed by atoms with E-state index in [4.69, 9.17) is 4.74 Å². The standard InChI is InChI=1S/C25H32FN3O6S/c1-17-16-27(13-14-28(17)36(3,33,34)23-10-5-4-9-21(23)29(31)32)22(25(30)35-2)15-19-12-11-18-7-6-8-20(18)24(19)26/h4-5,9-12,17,22H,6-8,13-16H2,1-3H3,(H,33,34)/t17-,22-/m0/s1. The fraction of sp³-hybridized carbons (Fsp3) is 0.480. The summed E-state index contributed by atoms with van der Waals surface area (Å²) >= 11 is 0. The summed E-state index contributed by atoms with van der Waals surface area (Å²) in [6, 6.07) is 7.80. The Morgan fingerprint density at radius 3 is 2.67 bits per heavy atom. The number of nitro groups is 1. The van der Waals surface area contributed by atoms with Crippen LogP contribution in [0, 0.1) is 15.9 Å². The van der Waals surface area contributed by atoms with Crippen molar-refractivity contribution in [1.82, 2.24) is 9.21 Å². The van der Waals surface area contributed by atoms with Crippen molar-refractivity contribution in [3.63, 3.8) is 0 Å². The van der Waals surface area contributed by atoms with Crippen molar-refractivity contribution in [3.05, 3.63) is 69.0 Å². The van der Waals surface area contributed by atoms with Gasteiger partial charge in [-0.05, 0) is 48.9 Å². The summed E-state index contributed by atoms with van der Waals surface area (Å²) in [6.07, 6.45) is 3.69. The first-order valence-corrected chi connectivity index (χ1v) is 14.2. The van der Waals surface area contributed by atoms with Gasteiger partial charge in [0.15, 0.2) is 0 Å². The second-order valence-corrected chi connectivity index (χ2v) is 13.1. The number of hydrogen-bond donors (Lipinski definition) is 1. The van der Waals surface area contributed by atoms with Gasteiger partial charge in [0.05, 0.1) is 12.0 Å². The number of ether oxygens (including phenoxy) is 1. The van der Waals surface area contributed by atoms with Crippen molar-refractivity contribution in [2.75, 3.05) is 33.0 Å². The first-order chi connectivity index (χ1) is 16.9. The van der Waals surface area contributed by atoms with Crippen LogP contribution in [-0.4, -0.2) is 73.9 Å². The van der Waals surface area contributed by atoms with E-state index in [1.54, 1.807) is 13.0 Å². The zero-order chi connectivity index (χ0) is 26.3. The topological polar surface area (TPSA) is 113 Å². The second-order valence-electron chi connectivity index (χ2n) is 9.72. The van der Waals surface area contributed by atoms with Gasteiger partial charge in [0.2, 0.25) is 0 Å². The molecule has 11 heteroatoms. The molecule has 196 valence electrons. The quantitative estimate of drug-likeness (QED) is 0.338. The fourth-order valence-electron chi connectivity index (χ4n) is 5.56. The van der Waals surface area contributed by atoms with E-state index < -0.39 is 38.2 Å². The van der Waals surface area contributed by atoms with Gasteiger partial charge in [-0.25, -0.2) is 8.70 Å². The molecule has 0 amide bonds. The number of halogens is 1. The highest BCUT2D eigenvalue weighted by atomic mass is 32.3. The fourth-order valence-corrected chi connectivity index (χ4v) is 8.25. The minimum Gasteiger partial charge on any atom is -0.468 e. The zero-order valence-electron chi connectivity index (χ0n) is 20.7. The molecule has 0 bridgehead atoms. The third kappa shape index (κ3) is 4.68. The van der Waals surface area contributed by atoms with Gasteiger partial charge in [-0.1, -0.05) is 24.3 Å². The molecule has 0 saturated carbocycles. The van der Waals surface area contributed by atoms with Crippen LogP contribution in [0.4, 0.5) is 10.1 Å². The van der Waals surface area contributed by atoms with Gasteiger partial charge in [0.25, 0.3) is 5.69 Å². The number of methoxy groups -OCH3 is 1. The number of para-hydroxylation sites is 1. The van der Waals surface area contributed by atoms with Crippen molar-refractivity contribution < 1.29 is 27.6 Å². The number of hydrogen-bond acceptors (Lipinski definition) is 6. The highest BCUT2D eigenvalue weighted by molar-refractivity contribution is 8.12. The van der Waals surface area contributed by atoms with E-state index in [2.05, 4.69) is 0 Å². The maximum atomic E-state index is 15.2. The van der Waals surface area contributed by atoms with E-state index in [0.29, 0.717) is 17.5 Å². The molecule has 0 unspecified atom stereocenters. The van der Waals surface area contributed by atoms with Crippen molar-refractivity contribution in [2.24, 2.45) is 0 Å². The summed E-state index contributed by atoms with van der Waals surface area (Å²) in [6.45, 7) is 2.25. The number of fused-ring (bicyclic) bond motifs is 1. The van der Waals surface area contributed by atoms with Crippen molar-refractivity contribution in [1.29, 1.82) is 0 Å². The molecule has 2 aliphatic rings. The van der Waals surface area contributed by atoms with Crippen molar-refractivity contribution in [3.8, 4) is 0 Å². The summed E-state index contributed by atoms with van der Waals surface area (Å²) in [5.74, 6) is -0.776. The largest absolute Gasteiger partial charge is 0.468 e. The van der Waals surface area contributed by atoms with E-state index in [9.17, 15) is 23.7 Å². The summed E-state index contributed by atoms with van der Waals surface area (Å²) in [7, 11) is -3.51. The van der Waals surface area contributed by atoms with E-state index in [1.165, 1.54) is 35.7 Å². The Bertz CT molecular complexity index is 1260. The van der Waals surface area contributed by atoms with E-state index >= 15 is 4.39 Å². The molecule has 36 heavy (non-hydrogen) atoms. The van der Waals surface area contributed by atoms with Crippen LogP contribution in [0.25, 0.3) is 0 Å². The normalized spacial score (nSPS) is 20.8. The van der Waals surface area contributed by atoms with E-state index in [0.717, 1.165) is 24.7 Å². The Morgan fingerprint density at radius 2 is 2.00 bits per heavy atom. The number of nitrogens with zero attached hydrogens (tertiary/aromatic N) is 3. The Kier molecular flexibility index (Phi) is 7.04. The third-order valence-electron chi connectivity index (χ3n) is 7.34. The molecule has 9 nitrogen and oxygen atoms in total. The number of esters is 1. The molecule has 0 radical (unpaired) electrons. The maximum absolute atomic E-state index is 15.2. The lowest BCUT2D eigenvalue weighted by Gasteiger charge is -2.54. The average Bonchev–Trinajstić information content (AvgIpc) is 3.32. The minimum atomic E-state index is -4.80. The Morgan fingerprint density at radius 1 is 1.28 bits per heavy atom. The van der Waals surface area contributed by atoms with Crippen LogP contribution in [-0.2, 0) is 38.3 Å². The molecule has 0 spiro atoms. The molecule has 1 aliphatic carbocycles. The summed E-state index contributed by atoms with van der Waals surface area (Å²) < 4.78 is 47.1. The van der Waals surface area contributed by atoms with Crippen molar-refractivity contribution >= 4 is 21.2 Å². The lowest BCUT2D eigenvalue weighted by atomic mass is 9.98. The molecule has 2 aromatic rings. The number of benzene rings is 2. The SMILES string of the molecule is COC(=O)[C@H](Cc1ccc2c(c1F)CCC2)N1CCN(S(C)(=O)(O)c2ccccc2[N+](=O)[O-])[C@@H](C)C1. The number of piperazine rings is 1. The van der Waals surface area contributed by atoms with Gasteiger partial charge in [0.1, 0.15) is 16.8 Å². The van der Waals surface area contributed by atoms with Crippen LogP contribution < -0.4 is 0 Å². The molecule has 1 aliphatic heterocycles. The number of carbonyl (C=O) groups is 1. The van der Waals surface area contributed by atoms with Gasteiger partial charge in [-0.3, -0.25) is 24.4 Å². The van der Waals surface area contributed by atoms with Gasteiger partial charge >= 0.3 is 5.97 Å². The molecule has 1 fully saturated rings.